The lowest BCUT2D eigenvalue weighted by atomic mass is 9.89. The molecule has 6 rings (SSSR count). The maximum atomic E-state index is 13.4. The molecule has 0 saturated carbocycles. The number of phosphoric acid groups is 3. The van der Waals surface area contributed by atoms with Crippen molar-refractivity contribution >= 4 is 133 Å². The van der Waals surface area contributed by atoms with Crippen LogP contribution in [0.25, 0.3) is 33.4 Å². The van der Waals surface area contributed by atoms with Crippen LogP contribution in [0.5, 0.6) is 0 Å². The van der Waals surface area contributed by atoms with Gasteiger partial charge in [-0.25, -0.2) is 32.9 Å². The Morgan fingerprint density at radius 2 is 1.48 bits per heavy atom. The van der Waals surface area contributed by atoms with E-state index in [1.165, 1.54) is 56.8 Å². The molecule has 3 heterocycles. The van der Waals surface area contributed by atoms with Crippen LogP contribution in [0, 0.1) is 17.3 Å². The molecule has 0 bridgehead atoms. The number of carbonyl (C=O) groups is 4. The molecule has 47 heteroatoms. The number of ether oxygens (including phenoxy) is 7. The van der Waals surface area contributed by atoms with Gasteiger partial charge < -0.3 is 89.7 Å². The maximum Gasteiger partial charge on any atom is 0.490 e. The number of hydrogen-bond donors (Lipinski definition) is 13. The van der Waals surface area contributed by atoms with Crippen LogP contribution in [0.15, 0.2) is 67.7 Å². The predicted molar refractivity (Wildman–Crippen MR) is 365 cm³/mol. The third-order valence-corrected chi connectivity index (χ3v) is 24.2. The fourth-order valence-electron chi connectivity index (χ4n) is 8.98. The number of carbonyl (C=O) groups excluding carboxylic acids is 3. The summed E-state index contributed by atoms with van der Waals surface area (Å²) in [4.78, 5) is 102. The van der Waals surface area contributed by atoms with Crippen molar-refractivity contribution in [2.45, 2.75) is 79.4 Å². The summed E-state index contributed by atoms with van der Waals surface area (Å²) in [5.41, 5.74) is 8.46. The number of unbranched alkanes of at least 4 members (excludes halogenated alkanes) is 1. The van der Waals surface area contributed by atoms with Crippen LogP contribution in [0.4, 0.5) is 21.1 Å². The lowest BCUT2D eigenvalue weighted by Crippen LogP contribution is -2.30. The second-order valence-corrected chi connectivity index (χ2v) is 34.1. The highest BCUT2D eigenvalue weighted by atomic mass is 33.1. The number of benzene rings is 3. The van der Waals surface area contributed by atoms with Crippen molar-refractivity contribution < 1.29 is 134 Å². The summed E-state index contributed by atoms with van der Waals surface area (Å²) in [5.74, 6) is 3.28. The highest BCUT2D eigenvalue weighted by Crippen LogP contribution is 2.66. The van der Waals surface area contributed by atoms with Crippen molar-refractivity contribution in [2.75, 3.05) is 102 Å². The number of anilines is 2. The standard InChI is InChI=1S/C54H71N8O30P3S6/c1-4-96-97-31-87-40-27-42(89-41(40)29-88-94(72,73)92-95(74,75)91-93(69,70)71)62-28-33(48(57)61-51(62)66)8-7-16-59-52(67)85-20-6-5-19-84-30-98-99-54(2,3)15-21-86-53(68)60-18-23-83-25-24-82-22-17-58-49(63)32-9-10-34(50(64)65)37(26-32)43-35-11-13-38(55)46(100(76,77)78)44(35)90-45-36(43)12-14-39(56)47(45)101(79,80)81/h9-14,26,28,40-42,55H,4-6,15-25,27,29-31,56H2,1-3H3,(H,58,63)(H,59,67)(H,60,68)(H,64,65)(H,72,73)(H,74,75)(H2,57,61,66)(H2,69,70,71)(H,76,77,78)(H,79,80,81)/t40-,41+,42+/m0/s1. The molecule has 2 unspecified atom stereocenters. The lowest BCUT2D eigenvalue weighted by molar-refractivity contribution is -0.0543. The van der Waals surface area contributed by atoms with Crippen molar-refractivity contribution in [3.8, 4) is 34.3 Å². The number of carboxylic acids is 1. The smallest absolute Gasteiger partial charge is 0.478 e. The number of fused-ring (bicyclic) bond motifs is 2. The summed E-state index contributed by atoms with van der Waals surface area (Å²) >= 11 is 0. The van der Waals surface area contributed by atoms with Gasteiger partial charge in [-0.3, -0.25) is 28.4 Å². The molecule has 3 aliphatic rings. The van der Waals surface area contributed by atoms with E-state index in [-0.39, 0.29) is 115 Å². The number of nitrogen functional groups attached to an aromatic ring is 2. The number of carboxylic acid groups (broad SMARTS) is 1. The first kappa shape index (κ1) is 84.0. The number of aromatic carboxylic acids is 1. The molecule has 1 fully saturated rings. The van der Waals surface area contributed by atoms with Gasteiger partial charge in [0.15, 0.2) is 21.1 Å². The van der Waals surface area contributed by atoms with Crippen molar-refractivity contribution in [1.82, 2.24) is 25.5 Å². The number of alkyl carbamates (subject to hydrolysis) is 2. The summed E-state index contributed by atoms with van der Waals surface area (Å²) in [6.07, 6.45) is -1.94. The second-order valence-electron chi connectivity index (χ2n) is 21.3. The van der Waals surface area contributed by atoms with Crippen molar-refractivity contribution in [3.63, 3.8) is 0 Å². The molecule has 1 aliphatic carbocycles. The third-order valence-electron chi connectivity index (χ3n) is 13.3. The molecule has 1 aromatic heterocycles. The van der Waals surface area contributed by atoms with Crippen LogP contribution in [-0.2, 0) is 80.2 Å². The molecule has 3 amide bonds. The van der Waals surface area contributed by atoms with Gasteiger partial charge in [0.05, 0.1) is 81.1 Å². The lowest BCUT2D eigenvalue weighted by Gasteiger charge is -2.22. The van der Waals surface area contributed by atoms with E-state index in [0.717, 1.165) is 34.6 Å². The van der Waals surface area contributed by atoms with E-state index in [2.05, 4.69) is 41.4 Å². The molecular formula is C54H71N8O30P3S6. The minimum absolute atomic E-state index is 0.00102. The first-order valence-corrected chi connectivity index (χ1v) is 41.6. The van der Waals surface area contributed by atoms with Crippen LogP contribution in [-0.4, -0.2) is 191 Å². The van der Waals surface area contributed by atoms with Gasteiger partial charge in [-0.15, -0.1) is 0 Å². The van der Waals surface area contributed by atoms with E-state index in [1.807, 2.05) is 20.8 Å². The van der Waals surface area contributed by atoms with Crippen LogP contribution in [0.1, 0.15) is 79.0 Å². The number of amides is 3. The van der Waals surface area contributed by atoms with Crippen molar-refractivity contribution in [2.24, 2.45) is 0 Å². The number of rotatable bonds is 40. The van der Waals surface area contributed by atoms with Gasteiger partial charge in [0.25, 0.3) is 26.1 Å². The predicted octanol–water partition coefficient (Wildman–Crippen LogP) is 5.54. The molecule has 2 aliphatic heterocycles. The van der Waals surface area contributed by atoms with Crippen LogP contribution < -0.4 is 38.5 Å². The number of nitrogens with two attached hydrogens (primary N) is 2. The molecule has 0 radical (unpaired) electrons. The highest BCUT2D eigenvalue weighted by molar-refractivity contribution is 8.77. The normalized spacial score (nSPS) is 16.2. The minimum Gasteiger partial charge on any atom is -0.478 e. The Bertz CT molecular complexity index is 4330. The molecule has 101 heavy (non-hydrogen) atoms. The number of aromatic nitrogens is 2. The van der Waals surface area contributed by atoms with Gasteiger partial charge in [-0.1, -0.05) is 61.9 Å². The third kappa shape index (κ3) is 26.6. The molecule has 2 aromatic carbocycles. The van der Waals surface area contributed by atoms with Crippen LogP contribution in [0.3, 0.4) is 0 Å². The van der Waals surface area contributed by atoms with Gasteiger partial charge in [0, 0.05) is 64.9 Å². The Morgan fingerprint density at radius 1 is 0.802 bits per heavy atom. The van der Waals surface area contributed by atoms with Gasteiger partial charge in [-0.05, 0) is 81.1 Å². The zero-order valence-electron chi connectivity index (χ0n) is 53.4. The highest BCUT2D eigenvalue weighted by Gasteiger charge is 2.44. The zero-order valence-corrected chi connectivity index (χ0v) is 61.0. The average Bonchev–Trinajstić information content (AvgIpc) is 1.22. The van der Waals surface area contributed by atoms with Gasteiger partial charge in [-0.2, -0.15) is 30.4 Å². The summed E-state index contributed by atoms with van der Waals surface area (Å²) in [7, 11) is -21.7. The summed E-state index contributed by atoms with van der Waals surface area (Å²) < 4.78 is 163. The molecule has 558 valence electrons. The van der Waals surface area contributed by atoms with Crippen molar-refractivity contribution in [1.29, 1.82) is 5.41 Å². The Hall–Kier alpha value is -5.92. The van der Waals surface area contributed by atoms with E-state index in [0.29, 0.717) is 31.8 Å². The first-order valence-electron chi connectivity index (χ1n) is 29.4. The molecule has 5 atom stereocenters. The quantitative estimate of drug-likeness (QED) is 0.00334. The molecule has 0 spiro atoms. The maximum absolute atomic E-state index is 13.4. The Kier molecular flexibility index (Phi) is 31.8. The van der Waals surface area contributed by atoms with Crippen LogP contribution in [0.2, 0.25) is 0 Å². The summed E-state index contributed by atoms with van der Waals surface area (Å²) in [6.45, 7) is 5.80. The molecule has 15 N–H and O–H groups in total. The zero-order chi connectivity index (χ0) is 74.5. The van der Waals surface area contributed by atoms with Gasteiger partial charge in [0.1, 0.15) is 30.0 Å². The Balaban J connectivity index is 0.813. The van der Waals surface area contributed by atoms with E-state index in [4.69, 9.17) is 68.8 Å². The topological polar surface area (TPSA) is 582 Å². The fraction of sp³-hybridized carbons (Fsp3) is 0.463. The van der Waals surface area contributed by atoms with Gasteiger partial charge >= 0.3 is 47.3 Å². The number of nitrogens with zero attached hydrogens (tertiary/aromatic N) is 2. The summed E-state index contributed by atoms with van der Waals surface area (Å²) in [5, 5.41) is 25.1. The van der Waals surface area contributed by atoms with E-state index in [1.54, 1.807) is 10.8 Å². The van der Waals surface area contributed by atoms with E-state index < -0.39 is 136 Å². The fourth-order valence-corrected chi connectivity index (χ4v) is 17.1. The van der Waals surface area contributed by atoms with Gasteiger partial charge in [0.2, 0.25) is 0 Å². The second kappa shape index (κ2) is 38.2. The van der Waals surface area contributed by atoms with Crippen LogP contribution >= 0.6 is 66.6 Å². The van der Waals surface area contributed by atoms with E-state index >= 15 is 0 Å². The monoisotopic (exact) mass is 1600 g/mol. The largest absolute Gasteiger partial charge is 0.490 e. The number of phosphoric ester groups is 1. The molecule has 38 nitrogen and oxygen atoms in total. The summed E-state index contributed by atoms with van der Waals surface area (Å²) in [6, 6.07) is 7.82. The SMILES string of the molecule is CCSSCO[C@H]1C[C@H](n2cc(C#CCNC(=O)OCCCCOCSSC(C)(C)CCOC(=O)NCCOCCOCCNC(=O)c3ccc(C(=O)O)c(-c4c5ccc(=N)c(S(=O)(=O)O)c-5oc5c(S(=O)(=O)O)c(N)ccc45)c3)c(N)nc2=O)O[C@@H]1COP(=O)(O)OP(=O)(O)OP(=O)(O)O. The van der Waals surface area contributed by atoms with E-state index in [9.17, 15) is 78.5 Å². The molecule has 1 saturated heterocycles. The number of hydrogen-bond acceptors (Lipinski definition) is 31. The Morgan fingerprint density at radius 3 is 2.15 bits per heavy atom. The van der Waals surface area contributed by atoms with Crippen molar-refractivity contribution in [3.05, 3.63) is 81.2 Å². The number of nitrogens with one attached hydrogen (secondary N) is 4. The first-order chi connectivity index (χ1) is 47.4. The Labute approximate surface area is 591 Å². The molecular weight excluding hydrogens is 1530 g/mol. The minimum atomic E-state index is -5.80. The average molecular weight is 1600 g/mol. The molecule has 3 aromatic rings.